The second-order valence-corrected chi connectivity index (χ2v) is 5.89. The van der Waals surface area contributed by atoms with E-state index in [4.69, 9.17) is 4.74 Å². The number of aromatic nitrogens is 3. The standard InChI is InChI=1S/C18H22N4O2/c1-12-9-17(22-18(20-12)13(2)14(3)21-22)19-10-15(23)11-24-16-7-5-4-6-8-16/h4-9,15,19,23H,10-11H2,1-3H3. The molecule has 1 unspecified atom stereocenters. The summed E-state index contributed by atoms with van der Waals surface area (Å²) < 4.78 is 7.35. The maximum Gasteiger partial charge on any atom is 0.160 e. The first-order valence-corrected chi connectivity index (χ1v) is 7.98. The lowest BCUT2D eigenvalue weighted by Gasteiger charge is -2.15. The lowest BCUT2D eigenvalue weighted by atomic mass is 10.3. The van der Waals surface area contributed by atoms with Gasteiger partial charge in [0.1, 0.15) is 24.3 Å². The van der Waals surface area contributed by atoms with Crippen LogP contribution in [0.4, 0.5) is 5.82 Å². The van der Waals surface area contributed by atoms with Gasteiger partial charge in [0.25, 0.3) is 0 Å². The molecule has 2 aromatic heterocycles. The zero-order valence-corrected chi connectivity index (χ0v) is 14.2. The van der Waals surface area contributed by atoms with Crippen LogP contribution in [0.2, 0.25) is 0 Å². The molecule has 126 valence electrons. The Labute approximate surface area is 141 Å². The molecule has 6 nitrogen and oxygen atoms in total. The van der Waals surface area contributed by atoms with Crippen LogP contribution in [0, 0.1) is 20.8 Å². The number of hydrogen-bond acceptors (Lipinski definition) is 5. The quantitative estimate of drug-likeness (QED) is 0.728. The average Bonchev–Trinajstić information content (AvgIpc) is 2.87. The van der Waals surface area contributed by atoms with Gasteiger partial charge in [-0.05, 0) is 32.9 Å². The summed E-state index contributed by atoms with van der Waals surface area (Å²) in [6.45, 7) is 6.51. The minimum absolute atomic E-state index is 0.224. The highest BCUT2D eigenvalue weighted by molar-refractivity contribution is 5.55. The molecule has 0 amide bonds. The predicted molar refractivity (Wildman–Crippen MR) is 93.6 cm³/mol. The second kappa shape index (κ2) is 6.88. The Morgan fingerprint density at radius 1 is 1.21 bits per heavy atom. The van der Waals surface area contributed by atoms with Crippen LogP contribution in [-0.4, -0.2) is 39.0 Å². The van der Waals surface area contributed by atoms with Crippen molar-refractivity contribution >= 4 is 11.5 Å². The zero-order chi connectivity index (χ0) is 17.1. The van der Waals surface area contributed by atoms with Crippen LogP contribution in [0.1, 0.15) is 17.0 Å². The van der Waals surface area contributed by atoms with E-state index in [-0.39, 0.29) is 6.61 Å². The molecule has 1 atom stereocenters. The third kappa shape index (κ3) is 3.49. The fourth-order valence-corrected chi connectivity index (χ4v) is 2.47. The summed E-state index contributed by atoms with van der Waals surface area (Å²) in [5.41, 5.74) is 3.76. The number of fused-ring (bicyclic) bond motifs is 1. The predicted octanol–water partition coefficient (Wildman–Crippen LogP) is 2.51. The van der Waals surface area contributed by atoms with Gasteiger partial charge in [0, 0.05) is 23.9 Å². The number of aliphatic hydroxyl groups is 1. The molecular formula is C18H22N4O2. The van der Waals surface area contributed by atoms with Crippen molar-refractivity contribution in [3.05, 3.63) is 53.3 Å². The Hall–Kier alpha value is -2.60. The molecule has 6 heteroatoms. The maximum atomic E-state index is 10.1. The summed E-state index contributed by atoms with van der Waals surface area (Å²) in [6.07, 6.45) is -0.633. The van der Waals surface area contributed by atoms with Crippen LogP contribution in [0.25, 0.3) is 5.65 Å². The van der Waals surface area contributed by atoms with Gasteiger partial charge in [-0.3, -0.25) is 0 Å². The van der Waals surface area contributed by atoms with Crippen LogP contribution in [0.3, 0.4) is 0 Å². The third-order valence-corrected chi connectivity index (χ3v) is 3.89. The zero-order valence-electron chi connectivity index (χ0n) is 14.2. The molecule has 3 rings (SSSR count). The monoisotopic (exact) mass is 326 g/mol. The fourth-order valence-electron chi connectivity index (χ4n) is 2.47. The van der Waals surface area contributed by atoms with Crippen LogP contribution >= 0.6 is 0 Å². The van der Waals surface area contributed by atoms with Crippen LogP contribution < -0.4 is 10.1 Å². The summed E-state index contributed by atoms with van der Waals surface area (Å²) in [5, 5.41) is 17.9. The Kier molecular flexibility index (Phi) is 4.66. The van der Waals surface area contributed by atoms with Crippen molar-refractivity contribution in [1.29, 1.82) is 0 Å². The van der Waals surface area contributed by atoms with Gasteiger partial charge in [-0.2, -0.15) is 9.61 Å². The number of para-hydroxylation sites is 1. The van der Waals surface area contributed by atoms with E-state index in [1.807, 2.05) is 57.2 Å². The molecule has 0 fully saturated rings. The number of aryl methyl sites for hydroxylation is 3. The van der Waals surface area contributed by atoms with Crippen LogP contribution in [0.15, 0.2) is 36.4 Å². The summed E-state index contributed by atoms with van der Waals surface area (Å²) in [7, 11) is 0. The first-order chi connectivity index (χ1) is 11.5. The molecule has 0 radical (unpaired) electrons. The lowest BCUT2D eigenvalue weighted by molar-refractivity contribution is 0.117. The van der Waals surface area contributed by atoms with Gasteiger partial charge in [0.2, 0.25) is 0 Å². The highest BCUT2D eigenvalue weighted by atomic mass is 16.5. The summed E-state index contributed by atoms with van der Waals surface area (Å²) in [4.78, 5) is 4.53. The van der Waals surface area contributed by atoms with Gasteiger partial charge in [0.15, 0.2) is 5.65 Å². The van der Waals surface area contributed by atoms with E-state index < -0.39 is 6.10 Å². The van der Waals surface area contributed by atoms with Crippen LogP contribution in [0.5, 0.6) is 5.75 Å². The number of hydrogen-bond donors (Lipinski definition) is 2. The molecule has 2 heterocycles. The first-order valence-electron chi connectivity index (χ1n) is 7.98. The minimum atomic E-state index is -0.633. The Morgan fingerprint density at radius 2 is 1.96 bits per heavy atom. The van der Waals surface area contributed by atoms with Crippen molar-refractivity contribution in [3.8, 4) is 5.75 Å². The van der Waals surface area contributed by atoms with Crippen molar-refractivity contribution in [2.24, 2.45) is 0 Å². The highest BCUT2D eigenvalue weighted by Gasteiger charge is 2.12. The van der Waals surface area contributed by atoms with E-state index in [9.17, 15) is 5.11 Å². The van der Waals surface area contributed by atoms with E-state index in [1.165, 1.54) is 0 Å². The first kappa shape index (κ1) is 16.3. The molecule has 0 spiro atoms. The Balaban J connectivity index is 1.66. The van der Waals surface area contributed by atoms with E-state index >= 15 is 0 Å². The molecule has 0 aliphatic heterocycles. The van der Waals surface area contributed by atoms with E-state index in [1.54, 1.807) is 4.52 Å². The molecule has 0 bridgehead atoms. The number of nitrogens with zero attached hydrogens (tertiary/aromatic N) is 3. The third-order valence-electron chi connectivity index (χ3n) is 3.89. The summed E-state index contributed by atoms with van der Waals surface area (Å²) in [6, 6.07) is 11.4. The number of benzene rings is 1. The molecule has 0 saturated heterocycles. The molecule has 0 aliphatic carbocycles. The highest BCUT2D eigenvalue weighted by Crippen LogP contribution is 2.18. The topological polar surface area (TPSA) is 71.7 Å². The van der Waals surface area contributed by atoms with Crippen molar-refractivity contribution in [1.82, 2.24) is 14.6 Å². The minimum Gasteiger partial charge on any atom is -0.491 e. The number of aliphatic hydroxyl groups excluding tert-OH is 1. The van der Waals surface area contributed by atoms with Gasteiger partial charge in [0.05, 0.1) is 5.69 Å². The van der Waals surface area contributed by atoms with Gasteiger partial charge >= 0.3 is 0 Å². The van der Waals surface area contributed by atoms with Gasteiger partial charge in [-0.15, -0.1) is 0 Å². The normalized spacial score (nSPS) is 12.3. The molecule has 24 heavy (non-hydrogen) atoms. The summed E-state index contributed by atoms with van der Waals surface area (Å²) >= 11 is 0. The molecule has 2 N–H and O–H groups in total. The lowest BCUT2D eigenvalue weighted by Crippen LogP contribution is -2.27. The molecular weight excluding hydrogens is 304 g/mol. The second-order valence-electron chi connectivity index (χ2n) is 5.89. The van der Waals surface area contributed by atoms with Crippen LogP contribution in [-0.2, 0) is 0 Å². The van der Waals surface area contributed by atoms with Gasteiger partial charge in [-0.25, -0.2) is 4.98 Å². The summed E-state index contributed by atoms with van der Waals surface area (Å²) in [5.74, 6) is 1.56. The molecule has 1 aromatic carbocycles. The number of anilines is 1. The Morgan fingerprint density at radius 3 is 2.71 bits per heavy atom. The maximum absolute atomic E-state index is 10.1. The molecule has 3 aromatic rings. The number of rotatable bonds is 6. The molecule has 0 aliphatic rings. The van der Waals surface area contributed by atoms with E-state index in [2.05, 4.69) is 15.4 Å². The van der Waals surface area contributed by atoms with Crippen molar-refractivity contribution in [2.75, 3.05) is 18.5 Å². The van der Waals surface area contributed by atoms with E-state index in [0.29, 0.717) is 6.54 Å². The van der Waals surface area contributed by atoms with Crippen molar-refractivity contribution < 1.29 is 9.84 Å². The number of nitrogens with one attached hydrogen (secondary N) is 1. The van der Waals surface area contributed by atoms with E-state index in [0.717, 1.165) is 34.2 Å². The average molecular weight is 326 g/mol. The van der Waals surface area contributed by atoms with Crippen molar-refractivity contribution in [3.63, 3.8) is 0 Å². The SMILES string of the molecule is Cc1cc(NCC(O)COc2ccccc2)n2nc(C)c(C)c2n1. The van der Waals surface area contributed by atoms with Gasteiger partial charge in [-0.1, -0.05) is 18.2 Å². The number of ether oxygens (including phenoxy) is 1. The fraction of sp³-hybridized carbons (Fsp3) is 0.333. The largest absolute Gasteiger partial charge is 0.491 e. The van der Waals surface area contributed by atoms with Crippen molar-refractivity contribution in [2.45, 2.75) is 26.9 Å². The Bertz CT molecular complexity index is 830. The molecule has 0 saturated carbocycles. The van der Waals surface area contributed by atoms with Gasteiger partial charge < -0.3 is 15.2 Å². The smallest absolute Gasteiger partial charge is 0.160 e.